The van der Waals surface area contributed by atoms with E-state index in [4.69, 9.17) is 4.42 Å². The van der Waals surface area contributed by atoms with E-state index in [1.54, 1.807) is 0 Å². The highest BCUT2D eigenvalue weighted by atomic mass is 16.3. The zero-order valence-corrected chi connectivity index (χ0v) is 40.6. The molecule has 0 fully saturated rings. The predicted molar refractivity (Wildman–Crippen MR) is 279 cm³/mol. The lowest BCUT2D eigenvalue weighted by Gasteiger charge is -2.34. The fraction of sp³-hybridized carbons (Fsp3) is 0.270. The molecule has 0 radical (unpaired) electrons. The van der Waals surface area contributed by atoms with E-state index >= 15 is 0 Å². The number of hydrogen-bond donors (Lipinski definition) is 0. The summed E-state index contributed by atoms with van der Waals surface area (Å²) < 4.78 is 6.99. The normalized spacial score (nSPS) is 16.2. The maximum atomic E-state index is 6.99. The van der Waals surface area contributed by atoms with E-state index in [1.165, 1.54) is 122 Å². The molecule has 324 valence electrons. The Kier molecular flexibility index (Phi) is 8.79. The van der Waals surface area contributed by atoms with Crippen LogP contribution in [0.5, 0.6) is 0 Å². The lowest BCUT2D eigenvalue weighted by atomic mass is 9.72. The average molecular weight is 848 g/mol. The Labute approximate surface area is 386 Å². The minimum absolute atomic E-state index is 0.0952. The van der Waals surface area contributed by atoms with E-state index in [9.17, 15) is 0 Å². The molecule has 1 heterocycles. The van der Waals surface area contributed by atoms with Crippen LogP contribution in [0.1, 0.15) is 139 Å². The van der Waals surface area contributed by atoms with Gasteiger partial charge in [0.25, 0.3) is 0 Å². The number of furan rings is 1. The summed E-state index contributed by atoms with van der Waals surface area (Å²) in [4.78, 5) is 2.56. The number of allylic oxidation sites excluding steroid dienone is 3. The molecule has 3 aliphatic rings. The van der Waals surface area contributed by atoms with Gasteiger partial charge in [0.15, 0.2) is 0 Å². The Balaban J connectivity index is 1.17. The van der Waals surface area contributed by atoms with Gasteiger partial charge in [-0.15, -0.1) is 0 Å². The maximum Gasteiger partial charge on any atom is 0.144 e. The minimum atomic E-state index is -0.309. The third-order valence-corrected chi connectivity index (χ3v) is 15.8. The fourth-order valence-electron chi connectivity index (χ4n) is 12.5. The molecule has 2 heteroatoms. The van der Waals surface area contributed by atoms with Crippen molar-refractivity contribution < 1.29 is 4.42 Å². The van der Waals surface area contributed by atoms with Gasteiger partial charge in [-0.2, -0.15) is 0 Å². The number of hydrogen-bond acceptors (Lipinski definition) is 2. The summed E-state index contributed by atoms with van der Waals surface area (Å²) in [5.74, 6) is 0. The van der Waals surface area contributed by atoms with Gasteiger partial charge in [-0.25, -0.2) is 0 Å². The van der Waals surface area contributed by atoms with Crippen LogP contribution in [0, 0.1) is 6.92 Å². The van der Waals surface area contributed by atoms with Crippen molar-refractivity contribution in [2.24, 2.45) is 0 Å². The molecule has 8 aromatic rings. The first kappa shape index (κ1) is 41.3. The SMILES string of the molecule is C/C=C/c1cc2c(c(/C(C)=C/C)c1C)-c1ccc(N(c3ccc4c(c3)C(C)(C)c3c5c(c6oc7ccccc7c6c3-4)-c3ccccc3C5(C)C)c3ccccc3C(C)(C)C)cc1C2(C)C. The highest BCUT2D eigenvalue weighted by molar-refractivity contribution is 6.21. The van der Waals surface area contributed by atoms with Gasteiger partial charge in [0.2, 0.25) is 0 Å². The van der Waals surface area contributed by atoms with E-state index in [0.29, 0.717) is 0 Å². The zero-order chi connectivity index (χ0) is 45.7. The molecule has 0 aliphatic heterocycles. The second kappa shape index (κ2) is 13.8. The molecule has 0 N–H and O–H groups in total. The van der Waals surface area contributed by atoms with Crippen molar-refractivity contribution in [3.05, 3.63) is 183 Å². The second-order valence-corrected chi connectivity index (χ2v) is 21.6. The molecule has 0 spiro atoms. The Morgan fingerprint density at radius 1 is 0.600 bits per heavy atom. The monoisotopic (exact) mass is 847 g/mol. The standard InChI is InChI=1S/C63H61NO/c1-14-22-38-33-49-53(52(37(38)4)36(3)15-2)42-31-29-39(34-47(42)61(49,8)9)64(50-27-20-19-26-46(50)60(5,6)7)40-30-32-43-48(35-40)63(12,13)57-54(43)55-44-24-17-21-28-51(44)65-59(55)56-41-23-16-18-25-45(41)62(10,11)58(56)57/h14-35H,1-13H3/b22-14+,36-15+. The van der Waals surface area contributed by atoms with Gasteiger partial charge in [0.1, 0.15) is 11.2 Å². The summed E-state index contributed by atoms with van der Waals surface area (Å²) in [5, 5.41) is 2.41. The first-order valence-electron chi connectivity index (χ1n) is 23.7. The van der Waals surface area contributed by atoms with Crippen LogP contribution >= 0.6 is 0 Å². The largest absolute Gasteiger partial charge is 0.455 e. The quantitative estimate of drug-likeness (QED) is 0.172. The number of para-hydroxylation sites is 2. The first-order valence-corrected chi connectivity index (χ1v) is 23.7. The number of rotatable bonds is 5. The zero-order valence-electron chi connectivity index (χ0n) is 40.6. The Bertz CT molecular complexity index is 3420. The fourth-order valence-corrected chi connectivity index (χ4v) is 12.5. The van der Waals surface area contributed by atoms with Gasteiger partial charge >= 0.3 is 0 Å². The summed E-state index contributed by atoms with van der Waals surface area (Å²) in [7, 11) is 0. The van der Waals surface area contributed by atoms with Gasteiger partial charge in [-0.3, -0.25) is 0 Å². The summed E-state index contributed by atoms with van der Waals surface area (Å²) in [6.07, 6.45) is 6.72. The molecule has 1 aromatic heterocycles. The lowest BCUT2D eigenvalue weighted by molar-refractivity contribution is 0.591. The predicted octanol–water partition coefficient (Wildman–Crippen LogP) is 18.0. The van der Waals surface area contributed by atoms with Crippen LogP contribution in [0.15, 0.2) is 132 Å². The van der Waals surface area contributed by atoms with Crippen molar-refractivity contribution in [3.8, 4) is 33.4 Å². The van der Waals surface area contributed by atoms with Gasteiger partial charge in [0, 0.05) is 49.6 Å². The number of benzene rings is 7. The van der Waals surface area contributed by atoms with Crippen LogP contribution in [0.3, 0.4) is 0 Å². The summed E-state index contributed by atoms with van der Waals surface area (Å²) in [5.41, 5.74) is 27.5. The molecular weight excluding hydrogens is 787 g/mol. The number of nitrogens with zero attached hydrogens (tertiary/aromatic N) is 1. The molecule has 0 atom stereocenters. The van der Waals surface area contributed by atoms with Gasteiger partial charge in [0.05, 0.1) is 0 Å². The summed E-state index contributed by atoms with van der Waals surface area (Å²) in [6, 6.07) is 43.8. The molecule has 0 saturated heterocycles. The minimum Gasteiger partial charge on any atom is -0.455 e. The molecule has 0 saturated carbocycles. The van der Waals surface area contributed by atoms with Crippen LogP contribution in [0.25, 0.3) is 67.0 Å². The van der Waals surface area contributed by atoms with Crippen LogP contribution in [0.2, 0.25) is 0 Å². The van der Waals surface area contributed by atoms with Crippen LogP contribution in [-0.2, 0) is 21.7 Å². The van der Waals surface area contributed by atoms with E-state index in [2.05, 4.69) is 228 Å². The lowest BCUT2D eigenvalue weighted by Crippen LogP contribution is -2.24. The van der Waals surface area contributed by atoms with Crippen LogP contribution in [0.4, 0.5) is 17.1 Å². The van der Waals surface area contributed by atoms with Crippen molar-refractivity contribution in [3.63, 3.8) is 0 Å². The van der Waals surface area contributed by atoms with Gasteiger partial charge in [-0.05, 0) is 165 Å². The third-order valence-electron chi connectivity index (χ3n) is 15.8. The molecular formula is C63H61NO. The van der Waals surface area contributed by atoms with Gasteiger partial charge < -0.3 is 9.32 Å². The van der Waals surface area contributed by atoms with Crippen molar-refractivity contribution in [2.75, 3.05) is 4.90 Å². The molecule has 0 unspecified atom stereocenters. The summed E-state index contributed by atoms with van der Waals surface area (Å²) in [6.45, 7) is 30.5. The van der Waals surface area contributed by atoms with E-state index in [0.717, 1.165) is 11.2 Å². The third kappa shape index (κ3) is 5.52. The van der Waals surface area contributed by atoms with Crippen molar-refractivity contribution in [1.82, 2.24) is 0 Å². The number of fused-ring (bicyclic) bond motifs is 15. The molecule has 65 heavy (non-hydrogen) atoms. The molecule has 0 bridgehead atoms. The van der Waals surface area contributed by atoms with Gasteiger partial charge in [-0.1, -0.05) is 153 Å². The molecule has 7 aromatic carbocycles. The molecule has 0 amide bonds. The number of anilines is 3. The second-order valence-electron chi connectivity index (χ2n) is 21.6. The Hall–Kier alpha value is -6.38. The van der Waals surface area contributed by atoms with Crippen molar-refractivity contribution in [2.45, 2.75) is 112 Å². The molecule has 11 rings (SSSR count). The van der Waals surface area contributed by atoms with E-state index in [-0.39, 0.29) is 21.7 Å². The van der Waals surface area contributed by atoms with Crippen LogP contribution in [-0.4, -0.2) is 0 Å². The molecule has 3 aliphatic carbocycles. The Morgan fingerprint density at radius 2 is 1.18 bits per heavy atom. The average Bonchev–Trinajstić information content (AvgIpc) is 3.92. The summed E-state index contributed by atoms with van der Waals surface area (Å²) >= 11 is 0. The molecule has 2 nitrogen and oxygen atoms in total. The highest BCUT2D eigenvalue weighted by Gasteiger charge is 2.49. The van der Waals surface area contributed by atoms with E-state index < -0.39 is 0 Å². The first-order chi connectivity index (χ1) is 30.9. The topological polar surface area (TPSA) is 16.4 Å². The van der Waals surface area contributed by atoms with Crippen molar-refractivity contribution >= 4 is 50.6 Å². The van der Waals surface area contributed by atoms with Crippen LogP contribution < -0.4 is 4.90 Å². The highest BCUT2D eigenvalue weighted by Crippen LogP contribution is 2.64. The maximum absolute atomic E-state index is 6.99. The Morgan fingerprint density at radius 3 is 1.88 bits per heavy atom. The van der Waals surface area contributed by atoms with E-state index in [1.807, 2.05) is 0 Å². The van der Waals surface area contributed by atoms with Crippen molar-refractivity contribution in [1.29, 1.82) is 0 Å². The smallest absolute Gasteiger partial charge is 0.144 e.